The molecule has 1 amide bonds. The topological polar surface area (TPSA) is 79.8 Å². The molecule has 140 valence electrons. The minimum atomic E-state index is -0.225. The number of hydrogen-bond donors (Lipinski definition) is 2. The van der Waals surface area contributed by atoms with Gasteiger partial charge in [0.1, 0.15) is 0 Å². The molecule has 0 saturated heterocycles. The van der Waals surface area contributed by atoms with E-state index in [-0.39, 0.29) is 23.4 Å². The summed E-state index contributed by atoms with van der Waals surface area (Å²) < 4.78 is 1.57. The van der Waals surface area contributed by atoms with Crippen LogP contribution in [0.1, 0.15) is 55.8 Å². The van der Waals surface area contributed by atoms with Crippen LogP contribution in [0.5, 0.6) is 0 Å². The Bertz CT molecular complexity index is 827. The zero-order chi connectivity index (χ0) is 18.5. The summed E-state index contributed by atoms with van der Waals surface area (Å²) in [5.74, 6) is 0.183. The Morgan fingerprint density at radius 2 is 2.12 bits per heavy atom. The minimum absolute atomic E-state index is 0.0349. The summed E-state index contributed by atoms with van der Waals surface area (Å²) >= 11 is 1.28. The summed E-state index contributed by atoms with van der Waals surface area (Å²) in [6.07, 6.45) is 5.65. The molecule has 6 nitrogen and oxygen atoms in total. The number of carbonyl (C=O) groups excluding carboxylic acids is 1. The molecule has 1 aliphatic carbocycles. The normalized spacial score (nSPS) is 14.7. The molecular weight excluding hydrogens is 348 g/mol. The second kappa shape index (κ2) is 8.58. The molecule has 1 unspecified atom stereocenters. The van der Waals surface area contributed by atoms with Gasteiger partial charge in [-0.25, -0.2) is 9.89 Å². The van der Waals surface area contributed by atoms with Gasteiger partial charge in [-0.15, -0.1) is 5.10 Å². The van der Waals surface area contributed by atoms with Crippen LogP contribution >= 0.6 is 11.8 Å². The highest BCUT2D eigenvalue weighted by Gasteiger charge is 2.15. The number of H-pyrrole nitrogens is 1. The summed E-state index contributed by atoms with van der Waals surface area (Å²) in [5, 5.41) is 10.1. The average molecular weight is 375 g/mol. The van der Waals surface area contributed by atoms with E-state index in [4.69, 9.17) is 0 Å². The van der Waals surface area contributed by atoms with Crippen molar-refractivity contribution in [3.8, 4) is 0 Å². The standard InChI is InChI=1S/C19H26N4O2S/c1-3-10-23-18(25)21-22-19(23)26-12-17(24)20-13(2)15-9-8-14-6-4-5-7-16(14)11-15/h8-9,11,13H,3-7,10,12H2,1-2H3,(H,20,24)(H,21,25). The van der Waals surface area contributed by atoms with Crippen molar-refractivity contribution in [2.45, 2.75) is 63.7 Å². The summed E-state index contributed by atoms with van der Waals surface area (Å²) in [6.45, 7) is 4.61. The maximum atomic E-state index is 12.3. The van der Waals surface area contributed by atoms with E-state index in [9.17, 15) is 9.59 Å². The van der Waals surface area contributed by atoms with Crippen molar-refractivity contribution in [3.05, 3.63) is 45.4 Å². The van der Waals surface area contributed by atoms with Crippen LogP contribution in [0.2, 0.25) is 0 Å². The Morgan fingerprint density at radius 1 is 1.35 bits per heavy atom. The zero-order valence-electron chi connectivity index (χ0n) is 15.4. The van der Waals surface area contributed by atoms with Crippen LogP contribution in [0.3, 0.4) is 0 Å². The fraction of sp³-hybridized carbons (Fsp3) is 0.526. The van der Waals surface area contributed by atoms with E-state index in [1.54, 1.807) is 4.57 Å². The number of carbonyl (C=O) groups is 1. The molecule has 2 aromatic rings. The first-order chi connectivity index (χ1) is 12.6. The Hall–Kier alpha value is -2.02. The number of thioether (sulfide) groups is 1. The molecule has 2 N–H and O–H groups in total. The van der Waals surface area contributed by atoms with Crippen LogP contribution in [-0.4, -0.2) is 26.4 Å². The number of fused-ring (bicyclic) bond motifs is 1. The molecule has 1 aromatic heterocycles. The number of aryl methyl sites for hydroxylation is 2. The smallest absolute Gasteiger partial charge is 0.343 e. The SMILES string of the molecule is CCCn1c(SCC(=O)NC(C)c2ccc3c(c2)CCCC3)n[nH]c1=O. The van der Waals surface area contributed by atoms with Gasteiger partial charge in [0, 0.05) is 6.54 Å². The lowest BCUT2D eigenvalue weighted by Gasteiger charge is -2.20. The largest absolute Gasteiger partial charge is 0.349 e. The van der Waals surface area contributed by atoms with E-state index < -0.39 is 0 Å². The van der Waals surface area contributed by atoms with Crippen LogP contribution < -0.4 is 11.0 Å². The van der Waals surface area contributed by atoms with Crippen molar-refractivity contribution in [1.82, 2.24) is 20.1 Å². The minimum Gasteiger partial charge on any atom is -0.349 e. The summed E-state index contributed by atoms with van der Waals surface area (Å²) in [5.41, 5.74) is 3.79. The molecule has 0 bridgehead atoms. The second-order valence-corrected chi connectivity index (χ2v) is 7.72. The van der Waals surface area contributed by atoms with E-state index in [2.05, 4.69) is 33.7 Å². The molecule has 0 aliphatic heterocycles. The number of nitrogens with zero attached hydrogens (tertiary/aromatic N) is 2. The monoisotopic (exact) mass is 374 g/mol. The molecule has 7 heteroatoms. The van der Waals surface area contributed by atoms with E-state index in [1.807, 2.05) is 13.8 Å². The molecule has 0 fully saturated rings. The van der Waals surface area contributed by atoms with Gasteiger partial charge in [0.25, 0.3) is 0 Å². The lowest BCUT2D eigenvalue weighted by Crippen LogP contribution is -2.28. The van der Waals surface area contributed by atoms with Crippen molar-refractivity contribution < 1.29 is 4.79 Å². The van der Waals surface area contributed by atoms with E-state index >= 15 is 0 Å². The molecular formula is C19H26N4O2S. The molecule has 1 aliphatic rings. The molecule has 0 radical (unpaired) electrons. The maximum Gasteiger partial charge on any atom is 0.343 e. The van der Waals surface area contributed by atoms with Gasteiger partial charge in [-0.05, 0) is 55.7 Å². The fourth-order valence-corrected chi connectivity index (χ4v) is 4.14. The molecule has 26 heavy (non-hydrogen) atoms. The third-order valence-corrected chi connectivity index (χ3v) is 5.73. The molecule has 1 heterocycles. The first kappa shape index (κ1) is 18.8. The lowest BCUT2D eigenvalue weighted by atomic mass is 9.89. The van der Waals surface area contributed by atoms with Crippen molar-refractivity contribution in [2.75, 3.05) is 5.75 Å². The predicted octanol–water partition coefficient (Wildman–Crippen LogP) is 2.83. The van der Waals surface area contributed by atoms with Gasteiger partial charge in [-0.1, -0.05) is 36.9 Å². The molecule has 1 atom stereocenters. The highest BCUT2D eigenvalue weighted by Crippen LogP contribution is 2.25. The highest BCUT2D eigenvalue weighted by molar-refractivity contribution is 7.99. The average Bonchev–Trinajstić information content (AvgIpc) is 3.00. The number of aromatic nitrogens is 3. The zero-order valence-corrected chi connectivity index (χ0v) is 16.2. The van der Waals surface area contributed by atoms with Gasteiger partial charge in [0.05, 0.1) is 11.8 Å². The van der Waals surface area contributed by atoms with E-state index in [0.717, 1.165) is 24.8 Å². The third-order valence-electron chi connectivity index (χ3n) is 4.75. The first-order valence-corrected chi connectivity index (χ1v) is 10.3. The quantitative estimate of drug-likeness (QED) is 0.731. The molecule has 1 aromatic carbocycles. The Morgan fingerprint density at radius 3 is 2.88 bits per heavy atom. The van der Waals surface area contributed by atoms with Crippen LogP contribution in [0.15, 0.2) is 28.2 Å². The number of nitrogens with one attached hydrogen (secondary N) is 2. The van der Waals surface area contributed by atoms with E-state index in [0.29, 0.717) is 11.7 Å². The Balaban J connectivity index is 1.57. The number of amides is 1. The molecule has 0 saturated carbocycles. The number of rotatable bonds is 7. The summed E-state index contributed by atoms with van der Waals surface area (Å²) in [4.78, 5) is 24.0. The van der Waals surface area contributed by atoms with Gasteiger partial charge in [-0.3, -0.25) is 9.36 Å². The Labute approximate surface area is 157 Å². The van der Waals surface area contributed by atoms with Gasteiger partial charge >= 0.3 is 5.69 Å². The number of aromatic amines is 1. The predicted molar refractivity (Wildman–Crippen MR) is 104 cm³/mol. The van der Waals surface area contributed by atoms with Crippen molar-refractivity contribution in [1.29, 1.82) is 0 Å². The van der Waals surface area contributed by atoms with Gasteiger partial charge in [0.2, 0.25) is 5.91 Å². The van der Waals surface area contributed by atoms with E-state index in [1.165, 1.54) is 35.7 Å². The second-order valence-electron chi connectivity index (χ2n) is 6.78. The molecule has 0 spiro atoms. The van der Waals surface area contributed by atoms with Crippen molar-refractivity contribution in [3.63, 3.8) is 0 Å². The van der Waals surface area contributed by atoms with Crippen molar-refractivity contribution >= 4 is 17.7 Å². The van der Waals surface area contributed by atoms with Gasteiger partial charge in [-0.2, -0.15) is 0 Å². The third kappa shape index (κ3) is 4.38. The van der Waals surface area contributed by atoms with Gasteiger partial charge in [0.15, 0.2) is 5.16 Å². The first-order valence-electron chi connectivity index (χ1n) is 9.27. The van der Waals surface area contributed by atoms with Crippen LogP contribution in [0, 0.1) is 0 Å². The number of benzene rings is 1. The highest BCUT2D eigenvalue weighted by atomic mass is 32.2. The maximum absolute atomic E-state index is 12.3. The fourth-order valence-electron chi connectivity index (χ4n) is 3.35. The van der Waals surface area contributed by atoms with Crippen LogP contribution in [-0.2, 0) is 24.2 Å². The van der Waals surface area contributed by atoms with Crippen molar-refractivity contribution in [2.24, 2.45) is 0 Å². The summed E-state index contributed by atoms with van der Waals surface area (Å²) in [6, 6.07) is 6.52. The lowest BCUT2D eigenvalue weighted by molar-refractivity contribution is -0.119. The van der Waals surface area contributed by atoms with Crippen LogP contribution in [0.25, 0.3) is 0 Å². The Kier molecular flexibility index (Phi) is 6.19. The summed E-state index contributed by atoms with van der Waals surface area (Å²) in [7, 11) is 0. The molecule has 3 rings (SSSR count). The van der Waals surface area contributed by atoms with Gasteiger partial charge < -0.3 is 5.32 Å². The number of hydrogen-bond acceptors (Lipinski definition) is 4. The van der Waals surface area contributed by atoms with Crippen LogP contribution in [0.4, 0.5) is 0 Å².